The first-order chi connectivity index (χ1) is 7.24. The first-order valence-electron chi connectivity index (χ1n) is 4.83. The normalized spacial score (nSPS) is 12.3. The minimum atomic E-state index is 0.239. The van der Waals surface area contributed by atoms with Gasteiger partial charge >= 0.3 is 0 Å². The number of nitrogen functional groups attached to an aromatic ring is 1. The fraction of sp³-hybridized carbons (Fsp3) is 0.182. The summed E-state index contributed by atoms with van der Waals surface area (Å²) >= 11 is 0. The Bertz CT molecular complexity index is 499. The van der Waals surface area contributed by atoms with Crippen LogP contribution in [0, 0.1) is 6.92 Å². The number of rotatable bonds is 0. The van der Waals surface area contributed by atoms with Gasteiger partial charge in [0.05, 0.1) is 11.4 Å². The van der Waals surface area contributed by atoms with E-state index < -0.39 is 0 Å². The zero-order valence-electron chi connectivity index (χ0n) is 8.36. The first kappa shape index (κ1) is 8.35. The highest BCUT2D eigenvalue weighted by molar-refractivity contribution is 5.72. The minimum absolute atomic E-state index is 0.239. The third-order valence-electron chi connectivity index (χ3n) is 2.65. The van der Waals surface area contributed by atoms with Crippen LogP contribution in [0.25, 0.3) is 11.3 Å². The van der Waals surface area contributed by atoms with E-state index in [-0.39, 0.29) is 5.95 Å². The van der Waals surface area contributed by atoms with Gasteiger partial charge in [-0.2, -0.15) is 0 Å². The van der Waals surface area contributed by atoms with E-state index in [0.29, 0.717) is 0 Å². The summed E-state index contributed by atoms with van der Waals surface area (Å²) < 4.78 is 0. The highest BCUT2D eigenvalue weighted by Gasteiger charge is 2.21. The Labute approximate surface area is 87.2 Å². The third kappa shape index (κ3) is 1.18. The maximum atomic E-state index is 5.54. The van der Waals surface area contributed by atoms with Crippen LogP contribution >= 0.6 is 0 Å². The van der Waals surface area contributed by atoms with Gasteiger partial charge in [0.25, 0.3) is 0 Å². The van der Waals surface area contributed by atoms with Gasteiger partial charge in [0.1, 0.15) is 0 Å². The van der Waals surface area contributed by atoms with Crippen LogP contribution in [0.1, 0.15) is 16.8 Å². The molecule has 1 aromatic carbocycles. The first-order valence-corrected chi connectivity index (χ1v) is 4.83. The fourth-order valence-corrected chi connectivity index (χ4v) is 1.94. The number of fused-ring (bicyclic) bond motifs is 3. The van der Waals surface area contributed by atoms with E-state index in [1.54, 1.807) is 0 Å². The highest BCUT2D eigenvalue weighted by atomic mass is 15.2. The van der Waals surface area contributed by atoms with Gasteiger partial charge in [-0.1, -0.05) is 17.7 Å². The summed E-state index contributed by atoms with van der Waals surface area (Å²) in [4.78, 5) is 4.24. The maximum Gasteiger partial charge on any atom is 0.240 e. The van der Waals surface area contributed by atoms with Crippen molar-refractivity contribution in [3.63, 3.8) is 0 Å². The van der Waals surface area contributed by atoms with Crippen LogP contribution in [-0.4, -0.2) is 15.2 Å². The molecule has 74 valence electrons. The van der Waals surface area contributed by atoms with E-state index in [1.807, 2.05) is 0 Å². The molecule has 0 bridgehead atoms. The molecule has 0 saturated carbocycles. The van der Waals surface area contributed by atoms with Crippen molar-refractivity contribution in [1.29, 1.82) is 0 Å². The lowest BCUT2D eigenvalue weighted by molar-refractivity contribution is 0.930. The maximum absolute atomic E-state index is 5.54. The molecule has 0 radical (unpaired) electrons. The van der Waals surface area contributed by atoms with Gasteiger partial charge in [0, 0.05) is 12.0 Å². The Kier molecular flexibility index (Phi) is 1.54. The number of hydrogen-bond donors (Lipinski definition) is 1. The van der Waals surface area contributed by atoms with Crippen molar-refractivity contribution in [2.45, 2.75) is 13.3 Å². The minimum Gasteiger partial charge on any atom is -0.366 e. The predicted molar refractivity (Wildman–Crippen MR) is 57.2 cm³/mol. The Morgan fingerprint density at radius 2 is 2.13 bits per heavy atom. The number of aryl methyl sites for hydroxylation is 1. The van der Waals surface area contributed by atoms with Crippen molar-refractivity contribution in [2.24, 2.45) is 0 Å². The summed E-state index contributed by atoms with van der Waals surface area (Å²) in [6.07, 6.45) is 0.811. The van der Waals surface area contributed by atoms with Gasteiger partial charge in [-0.05, 0) is 18.6 Å². The molecule has 0 fully saturated rings. The van der Waals surface area contributed by atoms with E-state index >= 15 is 0 Å². The smallest absolute Gasteiger partial charge is 0.240 e. The molecule has 1 heterocycles. The lowest BCUT2D eigenvalue weighted by atomic mass is 10.1. The standard InChI is InChI=1S/C11H10N4/c1-6-2-3-7-5-9-10(8(7)4-6)13-11(12)15-14-9/h2-4H,5H2,1H3,(H2,12,13,15). The number of nitrogens with zero attached hydrogens (tertiary/aromatic N) is 3. The van der Waals surface area contributed by atoms with Crippen LogP contribution in [0.5, 0.6) is 0 Å². The van der Waals surface area contributed by atoms with Gasteiger partial charge in [-0.3, -0.25) is 0 Å². The molecule has 0 amide bonds. The van der Waals surface area contributed by atoms with Gasteiger partial charge in [-0.25, -0.2) is 4.98 Å². The number of nitrogens with two attached hydrogens (primary N) is 1. The summed E-state index contributed by atoms with van der Waals surface area (Å²) in [6.45, 7) is 2.07. The molecule has 0 atom stereocenters. The van der Waals surface area contributed by atoms with Crippen molar-refractivity contribution in [3.8, 4) is 11.3 Å². The molecule has 1 aliphatic carbocycles. The lowest BCUT2D eigenvalue weighted by Gasteiger charge is -2.00. The monoisotopic (exact) mass is 198 g/mol. The van der Waals surface area contributed by atoms with Crippen LogP contribution in [0.15, 0.2) is 18.2 Å². The molecule has 2 aromatic rings. The van der Waals surface area contributed by atoms with E-state index in [2.05, 4.69) is 40.3 Å². The number of aromatic nitrogens is 3. The molecule has 15 heavy (non-hydrogen) atoms. The van der Waals surface area contributed by atoms with Crippen molar-refractivity contribution in [3.05, 3.63) is 35.0 Å². The predicted octanol–water partition coefficient (Wildman–Crippen LogP) is 1.33. The van der Waals surface area contributed by atoms with Gasteiger partial charge in [0.2, 0.25) is 5.95 Å². The molecule has 0 unspecified atom stereocenters. The molecule has 4 nitrogen and oxygen atoms in total. The second-order valence-electron chi connectivity index (χ2n) is 3.80. The quantitative estimate of drug-likeness (QED) is 0.592. The van der Waals surface area contributed by atoms with Crippen molar-refractivity contribution >= 4 is 5.95 Å². The summed E-state index contributed by atoms with van der Waals surface area (Å²) in [6, 6.07) is 6.33. The summed E-state index contributed by atoms with van der Waals surface area (Å²) in [5, 5.41) is 7.84. The fourth-order valence-electron chi connectivity index (χ4n) is 1.94. The second-order valence-corrected chi connectivity index (χ2v) is 3.80. The Morgan fingerprint density at radius 1 is 1.27 bits per heavy atom. The number of anilines is 1. The zero-order valence-corrected chi connectivity index (χ0v) is 8.36. The van der Waals surface area contributed by atoms with Crippen molar-refractivity contribution < 1.29 is 0 Å². The summed E-state index contributed by atoms with van der Waals surface area (Å²) in [7, 11) is 0. The summed E-state index contributed by atoms with van der Waals surface area (Å²) in [5.74, 6) is 0.239. The van der Waals surface area contributed by atoms with Crippen LogP contribution in [-0.2, 0) is 6.42 Å². The SMILES string of the molecule is Cc1ccc2c(c1)-c1nc(N)nnc1C2. The summed E-state index contributed by atoms with van der Waals surface area (Å²) in [5.41, 5.74) is 11.0. The Hall–Kier alpha value is -1.97. The van der Waals surface area contributed by atoms with Gasteiger partial charge in [-0.15, -0.1) is 10.2 Å². The average molecular weight is 198 g/mol. The van der Waals surface area contributed by atoms with Crippen LogP contribution < -0.4 is 5.73 Å². The molecule has 1 aliphatic rings. The molecule has 0 spiro atoms. The number of benzene rings is 1. The highest BCUT2D eigenvalue weighted by Crippen LogP contribution is 2.34. The molecule has 3 rings (SSSR count). The topological polar surface area (TPSA) is 64.7 Å². The van der Waals surface area contributed by atoms with Crippen molar-refractivity contribution in [2.75, 3.05) is 5.73 Å². The molecular weight excluding hydrogens is 188 g/mol. The van der Waals surface area contributed by atoms with Crippen LogP contribution in [0.2, 0.25) is 0 Å². The van der Waals surface area contributed by atoms with E-state index in [9.17, 15) is 0 Å². The third-order valence-corrected chi connectivity index (χ3v) is 2.65. The van der Waals surface area contributed by atoms with E-state index in [4.69, 9.17) is 5.73 Å². The Balaban J connectivity index is 2.28. The van der Waals surface area contributed by atoms with E-state index in [1.165, 1.54) is 11.1 Å². The van der Waals surface area contributed by atoms with Crippen molar-refractivity contribution in [1.82, 2.24) is 15.2 Å². The van der Waals surface area contributed by atoms with Gasteiger partial charge in [0.15, 0.2) is 0 Å². The molecule has 2 N–H and O–H groups in total. The second kappa shape index (κ2) is 2.76. The largest absolute Gasteiger partial charge is 0.366 e. The average Bonchev–Trinajstić information content (AvgIpc) is 2.56. The molecular formula is C11H10N4. The lowest BCUT2D eigenvalue weighted by Crippen LogP contribution is -2.00. The molecule has 0 saturated heterocycles. The molecule has 0 aliphatic heterocycles. The number of hydrogen-bond acceptors (Lipinski definition) is 4. The Morgan fingerprint density at radius 3 is 3.00 bits per heavy atom. The molecule has 4 heteroatoms. The van der Waals surface area contributed by atoms with Crippen LogP contribution in [0.3, 0.4) is 0 Å². The van der Waals surface area contributed by atoms with Crippen LogP contribution in [0.4, 0.5) is 5.95 Å². The van der Waals surface area contributed by atoms with E-state index in [0.717, 1.165) is 23.4 Å². The molecule has 1 aromatic heterocycles. The van der Waals surface area contributed by atoms with Gasteiger partial charge < -0.3 is 5.73 Å². The zero-order chi connectivity index (χ0) is 10.4.